The van der Waals surface area contributed by atoms with Crippen LogP contribution in [0.3, 0.4) is 0 Å². The van der Waals surface area contributed by atoms with Crippen LogP contribution in [0.2, 0.25) is 0 Å². The Labute approximate surface area is 126 Å². The number of carbonyl (C=O) groups is 1. The fourth-order valence-corrected chi connectivity index (χ4v) is 2.41. The van der Waals surface area contributed by atoms with E-state index in [0.29, 0.717) is 6.54 Å². The Hall–Kier alpha value is -2.35. The van der Waals surface area contributed by atoms with Gasteiger partial charge in [0.2, 0.25) is 0 Å². The molecule has 0 aliphatic rings. The van der Waals surface area contributed by atoms with E-state index in [0.717, 1.165) is 23.1 Å². The Morgan fingerprint density at radius 3 is 2.48 bits per heavy atom. The zero-order chi connectivity index (χ0) is 15.1. The lowest BCUT2D eigenvalue weighted by atomic mass is 9.92. The topological polar surface area (TPSA) is 29.1 Å². The van der Waals surface area contributed by atoms with Gasteiger partial charge in [0, 0.05) is 18.0 Å². The van der Waals surface area contributed by atoms with E-state index in [4.69, 9.17) is 0 Å². The van der Waals surface area contributed by atoms with Gasteiger partial charge in [0.1, 0.15) is 0 Å². The Morgan fingerprint density at radius 1 is 1.14 bits per heavy atom. The van der Waals surface area contributed by atoms with Crippen molar-refractivity contribution in [3.05, 3.63) is 83.9 Å². The average molecular weight is 279 g/mol. The summed E-state index contributed by atoms with van der Waals surface area (Å²) in [7, 11) is 0. The van der Waals surface area contributed by atoms with Crippen LogP contribution in [0.4, 0.5) is 0 Å². The van der Waals surface area contributed by atoms with E-state index < -0.39 is 0 Å². The van der Waals surface area contributed by atoms with Crippen LogP contribution in [-0.4, -0.2) is 5.91 Å². The highest BCUT2D eigenvalue weighted by molar-refractivity contribution is 5.95. The van der Waals surface area contributed by atoms with E-state index in [-0.39, 0.29) is 11.8 Å². The third-order valence-electron chi connectivity index (χ3n) is 3.63. The van der Waals surface area contributed by atoms with Gasteiger partial charge in [-0.05, 0) is 23.6 Å². The molecule has 2 heteroatoms. The number of hydrogen-bond acceptors (Lipinski definition) is 1. The maximum atomic E-state index is 12.4. The monoisotopic (exact) mass is 279 g/mol. The fraction of sp³-hybridized carbons (Fsp3) is 0.211. The van der Waals surface area contributed by atoms with Crippen LogP contribution in [0, 0.1) is 0 Å². The molecule has 0 heterocycles. The van der Waals surface area contributed by atoms with E-state index in [2.05, 4.69) is 18.8 Å². The molecule has 0 saturated carbocycles. The Kier molecular flexibility index (Phi) is 5.33. The predicted molar refractivity (Wildman–Crippen MR) is 87.3 cm³/mol. The molecule has 2 aromatic rings. The molecule has 2 aromatic carbocycles. The quantitative estimate of drug-likeness (QED) is 0.785. The van der Waals surface area contributed by atoms with E-state index in [1.165, 1.54) is 0 Å². The summed E-state index contributed by atoms with van der Waals surface area (Å²) in [4.78, 5) is 12.4. The molecular weight excluding hydrogens is 258 g/mol. The molecule has 0 aromatic heterocycles. The summed E-state index contributed by atoms with van der Waals surface area (Å²) in [6, 6.07) is 17.7. The highest BCUT2D eigenvalue weighted by atomic mass is 16.1. The lowest BCUT2D eigenvalue weighted by Gasteiger charge is -2.15. The van der Waals surface area contributed by atoms with Crippen LogP contribution < -0.4 is 5.32 Å². The molecule has 108 valence electrons. The van der Waals surface area contributed by atoms with E-state index >= 15 is 0 Å². The molecule has 2 nitrogen and oxygen atoms in total. The summed E-state index contributed by atoms with van der Waals surface area (Å²) in [6.07, 6.45) is 2.84. The Balaban J connectivity index is 2.14. The SMILES string of the molecule is C=CC(CC)c1ccccc1C(=O)NCc1ccccc1. The number of amides is 1. The number of allylic oxidation sites excluding steroid dienone is 1. The molecule has 1 amide bonds. The van der Waals surface area contributed by atoms with E-state index in [1.54, 1.807) is 0 Å². The van der Waals surface area contributed by atoms with Gasteiger partial charge in [-0.1, -0.05) is 61.5 Å². The van der Waals surface area contributed by atoms with Crippen molar-refractivity contribution in [3.8, 4) is 0 Å². The zero-order valence-electron chi connectivity index (χ0n) is 12.4. The molecule has 1 unspecified atom stereocenters. The van der Waals surface area contributed by atoms with Crippen LogP contribution >= 0.6 is 0 Å². The van der Waals surface area contributed by atoms with Crippen LogP contribution in [0.5, 0.6) is 0 Å². The van der Waals surface area contributed by atoms with Gasteiger partial charge in [-0.2, -0.15) is 0 Å². The van der Waals surface area contributed by atoms with Crippen LogP contribution in [0.25, 0.3) is 0 Å². The maximum Gasteiger partial charge on any atom is 0.251 e. The maximum absolute atomic E-state index is 12.4. The second kappa shape index (κ2) is 7.44. The third kappa shape index (κ3) is 3.82. The first-order valence-corrected chi connectivity index (χ1v) is 7.29. The van der Waals surface area contributed by atoms with Crippen LogP contribution in [-0.2, 0) is 6.54 Å². The first-order valence-electron chi connectivity index (χ1n) is 7.29. The summed E-state index contributed by atoms with van der Waals surface area (Å²) >= 11 is 0. The Morgan fingerprint density at radius 2 is 1.81 bits per heavy atom. The van der Waals surface area contributed by atoms with Gasteiger partial charge in [0.05, 0.1) is 0 Å². The van der Waals surface area contributed by atoms with Crippen molar-refractivity contribution in [2.45, 2.75) is 25.8 Å². The highest BCUT2D eigenvalue weighted by Crippen LogP contribution is 2.24. The Bertz CT molecular complexity index is 604. The molecule has 21 heavy (non-hydrogen) atoms. The number of nitrogens with one attached hydrogen (secondary N) is 1. The number of benzene rings is 2. The first-order chi connectivity index (χ1) is 10.3. The van der Waals surface area contributed by atoms with Gasteiger partial charge in [0.25, 0.3) is 5.91 Å². The van der Waals surface area contributed by atoms with Gasteiger partial charge in [-0.25, -0.2) is 0 Å². The van der Waals surface area contributed by atoms with Crippen molar-refractivity contribution >= 4 is 5.91 Å². The minimum absolute atomic E-state index is 0.0326. The summed E-state index contributed by atoms with van der Waals surface area (Å²) < 4.78 is 0. The zero-order valence-corrected chi connectivity index (χ0v) is 12.4. The minimum Gasteiger partial charge on any atom is -0.348 e. The highest BCUT2D eigenvalue weighted by Gasteiger charge is 2.15. The van der Waals surface area contributed by atoms with Gasteiger partial charge >= 0.3 is 0 Å². The minimum atomic E-state index is -0.0326. The first kappa shape index (κ1) is 15.0. The summed E-state index contributed by atoms with van der Waals surface area (Å²) in [5, 5.41) is 2.99. The van der Waals surface area contributed by atoms with Crippen molar-refractivity contribution in [1.29, 1.82) is 0 Å². The molecule has 0 radical (unpaired) electrons. The standard InChI is InChI=1S/C19H21NO/c1-3-16(4-2)17-12-8-9-13-18(17)19(21)20-14-15-10-6-5-7-11-15/h3,5-13,16H,1,4,14H2,2H3,(H,20,21). The number of rotatable bonds is 6. The van der Waals surface area contributed by atoms with Gasteiger partial charge < -0.3 is 5.32 Å². The number of carbonyl (C=O) groups excluding carboxylic acids is 1. The molecule has 1 atom stereocenters. The summed E-state index contributed by atoms with van der Waals surface area (Å²) in [5.74, 6) is 0.179. The third-order valence-corrected chi connectivity index (χ3v) is 3.63. The lowest BCUT2D eigenvalue weighted by molar-refractivity contribution is 0.0949. The predicted octanol–water partition coefficient (Wildman–Crippen LogP) is 4.30. The summed E-state index contributed by atoms with van der Waals surface area (Å²) in [6.45, 7) is 6.51. The molecule has 0 fully saturated rings. The molecule has 0 spiro atoms. The van der Waals surface area contributed by atoms with Crippen molar-refractivity contribution in [1.82, 2.24) is 5.32 Å². The van der Waals surface area contributed by atoms with Gasteiger partial charge in [-0.15, -0.1) is 6.58 Å². The molecule has 0 bridgehead atoms. The van der Waals surface area contributed by atoms with Gasteiger partial charge in [-0.3, -0.25) is 4.79 Å². The van der Waals surface area contributed by atoms with Gasteiger partial charge in [0.15, 0.2) is 0 Å². The smallest absolute Gasteiger partial charge is 0.251 e. The molecule has 1 N–H and O–H groups in total. The van der Waals surface area contributed by atoms with E-state index in [9.17, 15) is 4.79 Å². The van der Waals surface area contributed by atoms with Crippen molar-refractivity contribution in [2.24, 2.45) is 0 Å². The molecule has 0 aliphatic heterocycles. The average Bonchev–Trinajstić information content (AvgIpc) is 2.55. The van der Waals surface area contributed by atoms with Crippen molar-refractivity contribution in [2.75, 3.05) is 0 Å². The van der Waals surface area contributed by atoms with Crippen LogP contribution in [0.15, 0.2) is 67.3 Å². The molecule has 0 aliphatic carbocycles. The molecule has 0 saturated heterocycles. The van der Waals surface area contributed by atoms with Crippen molar-refractivity contribution in [3.63, 3.8) is 0 Å². The second-order valence-electron chi connectivity index (χ2n) is 5.01. The second-order valence-corrected chi connectivity index (χ2v) is 5.01. The fourth-order valence-electron chi connectivity index (χ4n) is 2.41. The van der Waals surface area contributed by atoms with E-state index in [1.807, 2.05) is 60.7 Å². The molecular formula is C19H21NO. The normalized spacial score (nSPS) is 11.7. The lowest BCUT2D eigenvalue weighted by Crippen LogP contribution is -2.24. The largest absolute Gasteiger partial charge is 0.348 e. The van der Waals surface area contributed by atoms with Crippen LogP contribution in [0.1, 0.15) is 40.7 Å². The number of hydrogen-bond donors (Lipinski definition) is 1. The van der Waals surface area contributed by atoms with Crippen molar-refractivity contribution < 1.29 is 4.79 Å². The molecule has 2 rings (SSSR count). The summed E-state index contributed by atoms with van der Waals surface area (Å²) in [5.41, 5.74) is 2.87.